The molecule has 178 valence electrons. The number of carbonyl (C=O) groups is 1. The van der Waals surface area contributed by atoms with Crippen molar-refractivity contribution in [3.63, 3.8) is 0 Å². The zero-order valence-electron chi connectivity index (χ0n) is 20.2. The van der Waals surface area contributed by atoms with Gasteiger partial charge >= 0.3 is 0 Å². The van der Waals surface area contributed by atoms with E-state index in [2.05, 4.69) is 28.1 Å². The smallest absolute Gasteiger partial charge is 0.263 e. The number of rotatable bonds is 6. The van der Waals surface area contributed by atoms with Crippen LogP contribution in [0, 0.1) is 6.92 Å². The molecule has 1 saturated heterocycles. The molecule has 0 aliphatic carbocycles. The average Bonchev–Trinajstić information content (AvgIpc) is 3.30. The molecule has 0 unspecified atom stereocenters. The molecule has 1 N–H and O–H groups in total. The second-order valence-electron chi connectivity index (χ2n) is 9.15. The van der Waals surface area contributed by atoms with Gasteiger partial charge < -0.3 is 14.8 Å². The Hall–Kier alpha value is -3.09. The van der Waals surface area contributed by atoms with Crippen molar-refractivity contribution in [3.8, 4) is 11.1 Å². The van der Waals surface area contributed by atoms with Crippen LogP contribution in [0.3, 0.4) is 0 Å². The summed E-state index contributed by atoms with van der Waals surface area (Å²) in [6, 6.07) is 13.3. The number of para-hydroxylation sites is 1. The Morgan fingerprint density at radius 3 is 2.47 bits per heavy atom. The fourth-order valence-corrected chi connectivity index (χ4v) is 5.00. The predicted octanol–water partition coefficient (Wildman–Crippen LogP) is 4.93. The van der Waals surface area contributed by atoms with Crippen LogP contribution in [0.2, 0.25) is 5.02 Å². The molecule has 2 aromatic carbocycles. The molecule has 1 aromatic heterocycles. The molecule has 7 heteroatoms. The molecule has 0 bridgehead atoms. The minimum absolute atomic E-state index is 0.116. The van der Waals surface area contributed by atoms with Crippen LogP contribution in [0.1, 0.15) is 34.3 Å². The van der Waals surface area contributed by atoms with Crippen LogP contribution in [-0.2, 0) is 13.6 Å². The number of likely N-dealkylation sites (tertiary alicyclic amines) is 1. The monoisotopic (exact) mass is 478 g/mol. The van der Waals surface area contributed by atoms with Crippen molar-refractivity contribution in [1.29, 1.82) is 0 Å². The van der Waals surface area contributed by atoms with Crippen LogP contribution in [0.4, 0.5) is 11.4 Å². The number of aromatic nitrogens is 1. The molecule has 4 rings (SSSR count). The summed E-state index contributed by atoms with van der Waals surface area (Å²) in [5, 5.41) is 3.32. The standard InChI is InChI=1S/C27H31ClN4O2/c1-18-9-7-11-21(25(18)30(2)3)20-10-8-12-23(24(20)28)29-26(33)22-15-19(16-31(4)27(22)34)17-32-13-5-6-14-32/h7-12,15-16H,5-6,13-14,17H2,1-4H3,(H,29,33). The Balaban J connectivity index is 1.66. The lowest BCUT2D eigenvalue weighted by Gasteiger charge is -2.21. The van der Waals surface area contributed by atoms with Gasteiger partial charge in [0, 0.05) is 50.7 Å². The van der Waals surface area contributed by atoms with Gasteiger partial charge in [-0.3, -0.25) is 14.5 Å². The SMILES string of the molecule is Cc1cccc(-c2cccc(NC(=O)c3cc(CN4CCCC4)cn(C)c3=O)c2Cl)c1N(C)C. The summed E-state index contributed by atoms with van der Waals surface area (Å²) in [5.41, 5.74) is 5.21. The molecular weight excluding hydrogens is 448 g/mol. The van der Waals surface area contributed by atoms with Gasteiger partial charge in [-0.25, -0.2) is 0 Å². The van der Waals surface area contributed by atoms with Crippen LogP contribution in [0.15, 0.2) is 53.5 Å². The summed E-state index contributed by atoms with van der Waals surface area (Å²) in [7, 11) is 5.67. The molecule has 6 nitrogen and oxygen atoms in total. The number of pyridine rings is 1. The van der Waals surface area contributed by atoms with Gasteiger partial charge in [0.15, 0.2) is 0 Å². The van der Waals surface area contributed by atoms with Gasteiger partial charge in [-0.15, -0.1) is 0 Å². The molecule has 0 atom stereocenters. The van der Waals surface area contributed by atoms with E-state index in [4.69, 9.17) is 11.6 Å². The number of nitrogens with zero attached hydrogens (tertiary/aromatic N) is 3. The predicted molar refractivity (Wildman–Crippen MR) is 140 cm³/mol. The summed E-state index contributed by atoms with van der Waals surface area (Å²) < 4.78 is 1.48. The maximum absolute atomic E-state index is 13.2. The second-order valence-corrected chi connectivity index (χ2v) is 9.53. The zero-order chi connectivity index (χ0) is 24.4. The number of hydrogen-bond donors (Lipinski definition) is 1. The van der Waals surface area contributed by atoms with E-state index in [1.165, 1.54) is 17.4 Å². The van der Waals surface area contributed by atoms with Crippen molar-refractivity contribution in [2.45, 2.75) is 26.3 Å². The molecule has 1 amide bonds. The number of nitrogens with one attached hydrogen (secondary N) is 1. The van der Waals surface area contributed by atoms with Crippen molar-refractivity contribution in [1.82, 2.24) is 9.47 Å². The molecule has 1 fully saturated rings. The van der Waals surface area contributed by atoms with E-state index in [1.54, 1.807) is 19.2 Å². The lowest BCUT2D eigenvalue weighted by Crippen LogP contribution is -2.29. The first kappa shape index (κ1) is 24.0. The van der Waals surface area contributed by atoms with Crippen LogP contribution < -0.4 is 15.8 Å². The summed E-state index contributed by atoms with van der Waals surface area (Å²) in [6.07, 6.45) is 4.18. The van der Waals surface area contributed by atoms with Crippen LogP contribution in [0.25, 0.3) is 11.1 Å². The van der Waals surface area contributed by atoms with Gasteiger partial charge in [0.2, 0.25) is 0 Å². The van der Waals surface area contributed by atoms with E-state index in [9.17, 15) is 9.59 Å². The highest BCUT2D eigenvalue weighted by atomic mass is 35.5. The maximum Gasteiger partial charge on any atom is 0.263 e. The first-order valence-electron chi connectivity index (χ1n) is 11.6. The van der Waals surface area contributed by atoms with Crippen molar-refractivity contribution < 1.29 is 4.79 Å². The summed E-state index contributed by atoms with van der Waals surface area (Å²) in [4.78, 5) is 30.4. The van der Waals surface area contributed by atoms with Gasteiger partial charge in [0.25, 0.3) is 11.5 Å². The third-order valence-corrected chi connectivity index (χ3v) is 6.72. The van der Waals surface area contributed by atoms with Gasteiger partial charge in [-0.2, -0.15) is 0 Å². The van der Waals surface area contributed by atoms with Gasteiger partial charge in [-0.05, 0) is 56.1 Å². The number of aryl methyl sites for hydroxylation is 2. The Kier molecular flexibility index (Phi) is 7.10. The maximum atomic E-state index is 13.2. The molecule has 2 heterocycles. The van der Waals surface area contributed by atoms with Gasteiger partial charge in [0.05, 0.1) is 10.7 Å². The van der Waals surface area contributed by atoms with E-state index in [0.29, 0.717) is 10.7 Å². The van der Waals surface area contributed by atoms with Crippen LogP contribution >= 0.6 is 11.6 Å². The number of benzene rings is 2. The summed E-state index contributed by atoms with van der Waals surface area (Å²) >= 11 is 6.80. The molecule has 0 spiro atoms. The van der Waals surface area contributed by atoms with Gasteiger partial charge in [0.1, 0.15) is 5.56 Å². The second kappa shape index (κ2) is 10.0. The molecular formula is C27H31ClN4O2. The third kappa shape index (κ3) is 4.88. The van der Waals surface area contributed by atoms with Crippen molar-refractivity contribution in [2.24, 2.45) is 7.05 Å². The van der Waals surface area contributed by atoms with E-state index in [-0.39, 0.29) is 11.1 Å². The minimum atomic E-state index is -0.458. The number of halogens is 1. The van der Waals surface area contributed by atoms with Crippen LogP contribution in [0.5, 0.6) is 0 Å². The van der Waals surface area contributed by atoms with E-state index < -0.39 is 5.91 Å². The topological polar surface area (TPSA) is 57.6 Å². The van der Waals surface area contributed by atoms with Crippen molar-refractivity contribution in [3.05, 3.63) is 80.7 Å². The Morgan fingerprint density at radius 1 is 1.09 bits per heavy atom. The lowest BCUT2D eigenvalue weighted by molar-refractivity contribution is 0.102. The number of hydrogen-bond acceptors (Lipinski definition) is 4. The molecule has 0 saturated carbocycles. The Bertz CT molecular complexity index is 1280. The van der Waals surface area contributed by atoms with E-state index in [0.717, 1.165) is 47.6 Å². The lowest BCUT2D eigenvalue weighted by atomic mass is 9.99. The van der Waals surface area contributed by atoms with E-state index >= 15 is 0 Å². The third-order valence-electron chi connectivity index (χ3n) is 6.31. The fourth-order valence-electron chi connectivity index (χ4n) is 4.73. The largest absolute Gasteiger partial charge is 0.377 e. The molecule has 0 radical (unpaired) electrons. The fraction of sp³-hybridized carbons (Fsp3) is 0.333. The highest BCUT2D eigenvalue weighted by molar-refractivity contribution is 6.36. The summed E-state index contributed by atoms with van der Waals surface area (Å²) in [5.74, 6) is -0.458. The Morgan fingerprint density at radius 2 is 1.76 bits per heavy atom. The minimum Gasteiger partial charge on any atom is -0.377 e. The Labute approximate surface area is 205 Å². The number of anilines is 2. The van der Waals surface area contributed by atoms with Gasteiger partial charge in [-0.1, -0.05) is 41.9 Å². The average molecular weight is 479 g/mol. The summed E-state index contributed by atoms with van der Waals surface area (Å²) in [6.45, 7) is 4.87. The van der Waals surface area contributed by atoms with Crippen LogP contribution in [-0.4, -0.2) is 42.6 Å². The normalized spacial score (nSPS) is 13.8. The van der Waals surface area contributed by atoms with Crippen molar-refractivity contribution >= 4 is 28.9 Å². The molecule has 3 aromatic rings. The first-order chi connectivity index (χ1) is 16.3. The number of carbonyl (C=O) groups excluding carboxylic acids is 1. The highest BCUT2D eigenvalue weighted by Crippen LogP contribution is 2.39. The zero-order valence-corrected chi connectivity index (χ0v) is 20.9. The first-order valence-corrected chi connectivity index (χ1v) is 11.9. The van der Waals surface area contributed by atoms with Crippen molar-refractivity contribution in [2.75, 3.05) is 37.4 Å². The highest BCUT2D eigenvalue weighted by Gasteiger charge is 2.19. The quantitative estimate of drug-likeness (QED) is 0.546. The number of amides is 1. The van der Waals surface area contributed by atoms with E-state index in [1.807, 2.05) is 44.6 Å². The molecule has 34 heavy (non-hydrogen) atoms. The molecule has 1 aliphatic rings. The molecule has 1 aliphatic heterocycles.